The van der Waals surface area contributed by atoms with Gasteiger partial charge in [-0.25, -0.2) is 4.79 Å². The molecule has 0 saturated heterocycles. The van der Waals surface area contributed by atoms with Crippen molar-refractivity contribution in [3.63, 3.8) is 0 Å². The predicted molar refractivity (Wildman–Crippen MR) is 74.6 cm³/mol. The van der Waals surface area contributed by atoms with E-state index in [-0.39, 0.29) is 12.1 Å². The van der Waals surface area contributed by atoms with E-state index in [4.69, 9.17) is 4.74 Å². The Morgan fingerprint density at radius 2 is 1.94 bits per heavy atom. The van der Waals surface area contributed by atoms with Crippen LogP contribution in [0.15, 0.2) is 0 Å². The molecule has 1 atom stereocenters. The zero-order valence-corrected chi connectivity index (χ0v) is 12.9. The van der Waals surface area contributed by atoms with E-state index < -0.39 is 5.60 Å². The summed E-state index contributed by atoms with van der Waals surface area (Å²) in [5.41, 5.74) is -0.440. The summed E-state index contributed by atoms with van der Waals surface area (Å²) in [7, 11) is 0. The zero-order valence-electron chi connectivity index (χ0n) is 10.8. The number of hydrogen-bond donors (Lipinski definition) is 2. The minimum absolute atomic E-state index is 0.117. The number of amides is 1. The number of alkyl carbamates (subject to hydrolysis) is 1. The second kappa shape index (κ2) is 7.32. The van der Waals surface area contributed by atoms with Gasteiger partial charge in [-0.2, -0.15) is 0 Å². The predicted octanol–water partition coefficient (Wildman–Crippen LogP) is 2.87. The molecular weight excluding hydrogens is 319 g/mol. The summed E-state index contributed by atoms with van der Waals surface area (Å²) in [5, 5.41) is 2.88. The second-order valence-corrected chi connectivity index (χ2v) is 6.07. The third kappa shape index (κ3) is 9.21. The van der Waals surface area contributed by atoms with Crippen molar-refractivity contribution >= 4 is 29.0 Å². The van der Waals surface area contributed by atoms with Crippen LogP contribution in [0.5, 0.6) is 0 Å². The third-order valence-electron chi connectivity index (χ3n) is 1.80. The van der Waals surface area contributed by atoms with Crippen molar-refractivity contribution < 1.29 is 9.53 Å². The van der Waals surface area contributed by atoms with Crippen molar-refractivity contribution in [2.24, 2.45) is 5.92 Å². The minimum atomic E-state index is -0.440. The summed E-state index contributed by atoms with van der Waals surface area (Å²) in [4.78, 5) is 11.6. The lowest BCUT2D eigenvalue weighted by Gasteiger charge is -2.24. The minimum Gasteiger partial charge on any atom is -0.444 e. The van der Waals surface area contributed by atoms with E-state index in [1.165, 1.54) is 0 Å². The van der Waals surface area contributed by atoms with Gasteiger partial charge in [0, 0.05) is 35.5 Å². The molecule has 0 fully saturated rings. The van der Waals surface area contributed by atoms with E-state index in [0.29, 0.717) is 5.92 Å². The van der Waals surface area contributed by atoms with E-state index >= 15 is 0 Å². The molecule has 1 amide bonds. The number of rotatable bonds is 5. The Morgan fingerprint density at radius 1 is 1.38 bits per heavy atom. The standard InChI is InChI=1S/C11H23IN2O2/c1-8(2)6-9(7-13-12)14-10(15)16-11(3,4)5/h8-9,13H,6-7H2,1-5H3,(H,14,15)/t9-/m0/s1. The third-order valence-corrected chi connectivity index (χ3v) is 2.24. The fraction of sp³-hybridized carbons (Fsp3) is 0.909. The average molecular weight is 342 g/mol. The lowest BCUT2D eigenvalue weighted by molar-refractivity contribution is 0.0500. The van der Waals surface area contributed by atoms with Crippen LogP contribution in [-0.4, -0.2) is 24.3 Å². The molecule has 16 heavy (non-hydrogen) atoms. The van der Waals surface area contributed by atoms with Crippen LogP contribution in [0, 0.1) is 5.92 Å². The first kappa shape index (κ1) is 16.0. The molecule has 0 aromatic heterocycles. The van der Waals surface area contributed by atoms with Crippen LogP contribution in [-0.2, 0) is 4.74 Å². The molecule has 5 heteroatoms. The quantitative estimate of drug-likeness (QED) is 0.597. The summed E-state index contributed by atoms with van der Waals surface area (Å²) >= 11 is 2.08. The molecular formula is C11H23IN2O2. The molecule has 0 aromatic rings. The van der Waals surface area contributed by atoms with Gasteiger partial charge in [0.05, 0.1) is 0 Å². The maximum atomic E-state index is 11.6. The molecule has 2 N–H and O–H groups in total. The van der Waals surface area contributed by atoms with Crippen LogP contribution >= 0.6 is 22.9 Å². The van der Waals surface area contributed by atoms with E-state index in [1.807, 2.05) is 20.8 Å². The van der Waals surface area contributed by atoms with Gasteiger partial charge in [-0.3, -0.25) is 3.53 Å². The Labute approximate surface area is 112 Å². The van der Waals surface area contributed by atoms with Crippen molar-refractivity contribution in [1.29, 1.82) is 0 Å². The largest absolute Gasteiger partial charge is 0.444 e. The highest BCUT2D eigenvalue weighted by Gasteiger charge is 2.19. The fourth-order valence-electron chi connectivity index (χ4n) is 1.33. The maximum absolute atomic E-state index is 11.6. The van der Waals surface area contributed by atoms with Crippen LogP contribution in [0.25, 0.3) is 0 Å². The Kier molecular flexibility index (Phi) is 7.30. The van der Waals surface area contributed by atoms with E-state index in [2.05, 4.69) is 45.6 Å². The molecule has 0 aromatic carbocycles. The summed E-state index contributed by atoms with van der Waals surface area (Å²) in [5.74, 6) is 0.546. The van der Waals surface area contributed by atoms with Gasteiger partial charge in [-0.05, 0) is 33.1 Å². The SMILES string of the molecule is CC(C)C[C@@H](CNI)NC(=O)OC(C)(C)C. The molecule has 0 saturated carbocycles. The van der Waals surface area contributed by atoms with Crippen molar-refractivity contribution in [3.8, 4) is 0 Å². The molecule has 4 nitrogen and oxygen atoms in total. The first-order valence-electron chi connectivity index (χ1n) is 5.57. The number of halogens is 1. The second-order valence-electron chi connectivity index (χ2n) is 5.31. The summed E-state index contributed by atoms with van der Waals surface area (Å²) < 4.78 is 8.26. The van der Waals surface area contributed by atoms with Gasteiger partial charge in [0.15, 0.2) is 0 Å². The van der Waals surface area contributed by atoms with Crippen LogP contribution < -0.4 is 8.85 Å². The topological polar surface area (TPSA) is 50.4 Å². The first-order valence-corrected chi connectivity index (χ1v) is 6.65. The number of carbonyl (C=O) groups is 1. The van der Waals surface area contributed by atoms with Crippen molar-refractivity contribution in [2.75, 3.05) is 6.54 Å². The highest BCUT2D eigenvalue weighted by Crippen LogP contribution is 2.09. The van der Waals surface area contributed by atoms with Gasteiger partial charge < -0.3 is 10.1 Å². The molecule has 0 unspecified atom stereocenters. The van der Waals surface area contributed by atoms with Gasteiger partial charge >= 0.3 is 6.09 Å². The smallest absolute Gasteiger partial charge is 0.407 e. The lowest BCUT2D eigenvalue weighted by Crippen LogP contribution is -2.43. The Bertz CT molecular complexity index is 215. The van der Waals surface area contributed by atoms with Crippen LogP contribution in [0.1, 0.15) is 41.0 Å². The van der Waals surface area contributed by atoms with Gasteiger partial charge in [0.25, 0.3) is 0 Å². The van der Waals surface area contributed by atoms with Gasteiger partial charge in [0.2, 0.25) is 0 Å². The van der Waals surface area contributed by atoms with Crippen LogP contribution in [0.4, 0.5) is 4.79 Å². The molecule has 96 valence electrons. The first-order chi connectivity index (χ1) is 7.24. The monoisotopic (exact) mass is 342 g/mol. The number of hydrogen-bond acceptors (Lipinski definition) is 3. The number of ether oxygens (including phenoxy) is 1. The maximum Gasteiger partial charge on any atom is 0.407 e. The van der Waals surface area contributed by atoms with E-state index in [9.17, 15) is 4.79 Å². The Balaban J connectivity index is 4.12. The molecule has 0 heterocycles. The number of nitrogens with one attached hydrogen (secondary N) is 2. The Morgan fingerprint density at radius 3 is 2.31 bits per heavy atom. The zero-order chi connectivity index (χ0) is 12.8. The summed E-state index contributed by atoms with van der Waals surface area (Å²) in [6.45, 7) is 10.6. The molecule has 0 aliphatic carbocycles. The van der Waals surface area contributed by atoms with Gasteiger partial charge in [0.1, 0.15) is 5.60 Å². The fourth-order valence-corrected chi connectivity index (χ4v) is 1.86. The van der Waals surface area contributed by atoms with Gasteiger partial charge in [-0.1, -0.05) is 13.8 Å². The lowest BCUT2D eigenvalue weighted by atomic mass is 10.0. The molecule has 0 bridgehead atoms. The normalized spacial score (nSPS) is 13.7. The van der Waals surface area contributed by atoms with Crippen molar-refractivity contribution in [1.82, 2.24) is 8.85 Å². The molecule has 0 aliphatic heterocycles. The summed E-state index contributed by atoms with van der Waals surface area (Å²) in [6.07, 6.45) is 0.597. The highest BCUT2D eigenvalue weighted by molar-refractivity contribution is 14.1. The van der Waals surface area contributed by atoms with Crippen LogP contribution in [0.3, 0.4) is 0 Å². The highest BCUT2D eigenvalue weighted by atomic mass is 127. The molecule has 0 radical (unpaired) electrons. The van der Waals surface area contributed by atoms with Crippen molar-refractivity contribution in [2.45, 2.75) is 52.7 Å². The van der Waals surface area contributed by atoms with Gasteiger partial charge in [-0.15, -0.1) is 0 Å². The Hall–Kier alpha value is -0.0400. The average Bonchev–Trinajstić information content (AvgIpc) is 1.98. The molecule has 0 spiro atoms. The molecule has 0 rings (SSSR count). The van der Waals surface area contributed by atoms with Crippen molar-refractivity contribution in [3.05, 3.63) is 0 Å². The van der Waals surface area contributed by atoms with Crippen LogP contribution in [0.2, 0.25) is 0 Å². The summed E-state index contributed by atoms with van der Waals surface area (Å²) in [6, 6.07) is 0.117. The van der Waals surface area contributed by atoms with E-state index in [0.717, 1.165) is 13.0 Å². The van der Waals surface area contributed by atoms with E-state index in [1.54, 1.807) is 0 Å². The number of carbonyl (C=O) groups excluding carboxylic acids is 1. The molecule has 0 aliphatic rings.